The number of hydrogen-bond acceptors (Lipinski definition) is 6. The van der Waals surface area contributed by atoms with Crippen LogP contribution < -0.4 is 0 Å². The van der Waals surface area contributed by atoms with Gasteiger partial charge in [-0.15, -0.1) is 5.10 Å². The van der Waals surface area contributed by atoms with Crippen molar-refractivity contribution in [3.05, 3.63) is 0 Å². The van der Waals surface area contributed by atoms with Crippen molar-refractivity contribution in [3.63, 3.8) is 0 Å². The summed E-state index contributed by atoms with van der Waals surface area (Å²) in [5, 5.41) is 20.7. The molecule has 106 valence electrons. The molecular weight excluding hydrogens is 266 g/mol. The number of carboxylic acid groups (broad SMARTS) is 1. The van der Waals surface area contributed by atoms with Crippen LogP contribution >= 0.6 is 11.8 Å². The maximum Gasteiger partial charge on any atom is 0.313 e. The third kappa shape index (κ3) is 4.17. The average molecular weight is 285 g/mol. The normalized spacial score (nSPS) is 17.7. The van der Waals surface area contributed by atoms with Crippen molar-refractivity contribution in [2.75, 3.05) is 25.4 Å². The summed E-state index contributed by atoms with van der Waals surface area (Å²) in [7, 11) is 0. The predicted molar refractivity (Wildman–Crippen MR) is 71.0 cm³/mol. The molecule has 19 heavy (non-hydrogen) atoms. The number of aliphatic carboxylic acids is 1. The number of carboxylic acids is 1. The molecule has 1 aromatic rings. The Kier molecular flexibility index (Phi) is 5.15. The first-order valence-corrected chi connectivity index (χ1v) is 7.50. The fourth-order valence-electron chi connectivity index (χ4n) is 2.27. The molecule has 0 aromatic carbocycles. The summed E-state index contributed by atoms with van der Waals surface area (Å²) < 4.78 is 1.74. The van der Waals surface area contributed by atoms with E-state index in [9.17, 15) is 4.79 Å². The Bertz CT molecular complexity index is 417. The molecule has 2 rings (SSSR count). The standard InChI is InChI=1S/C11H19N5O2S/c1-2-15-5-3-9(4-6-15)7-16-11(12-13-14-16)19-8-10(17)18/h9H,2-8H2,1H3,(H,17,18). The van der Waals surface area contributed by atoms with Gasteiger partial charge in [0.15, 0.2) is 0 Å². The Morgan fingerprint density at radius 1 is 1.47 bits per heavy atom. The van der Waals surface area contributed by atoms with Gasteiger partial charge in [0, 0.05) is 6.54 Å². The summed E-state index contributed by atoms with van der Waals surface area (Å²) in [4.78, 5) is 13.0. The molecule has 0 spiro atoms. The zero-order chi connectivity index (χ0) is 13.7. The van der Waals surface area contributed by atoms with Gasteiger partial charge in [0.05, 0.1) is 5.75 Å². The van der Waals surface area contributed by atoms with Crippen molar-refractivity contribution in [2.45, 2.75) is 31.5 Å². The maximum absolute atomic E-state index is 10.6. The third-order valence-electron chi connectivity index (χ3n) is 3.41. The van der Waals surface area contributed by atoms with Gasteiger partial charge >= 0.3 is 5.97 Å². The lowest BCUT2D eigenvalue weighted by molar-refractivity contribution is -0.133. The summed E-state index contributed by atoms with van der Waals surface area (Å²) in [5.74, 6) is -0.277. The number of aromatic nitrogens is 4. The highest BCUT2D eigenvalue weighted by Gasteiger charge is 2.20. The van der Waals surface area contributed by atoms with Crippen molar-refractivity contribution in [3.8, 4) is 0 Å². The number of hydrogen-bond donors (Lipinski definition) is 1. The second kappa shape index (κ2) is 6.85. The fourth-order valence-corrected chi connectivity index (χ4v) is 2.88. The van der Waals surface area contributed by atoms with Gasteiger partial charge in [-0.2, -0.15) is 0 Å². The van der Waals surface area contributed by atoms with Crippen LogP contribution in [0.2, 0.25) is 0 Å². The molecule has 0 radical (unpaired) electrons. The van der Waals surface area contributed by atoms with Gasteiger partial charge < -0.3 is 10.0 Å². The number of tetrazole rings is 1. The third-order valence-corrected chi connectivity index (χ3v) is 4.35. The van der Waals surface area contributed by atoms with Crippen LogP contribution in [0.5, 0.6) is 0 Å². The summed E-state index contributed by atoms with van der Waals surface area (Å²) in [6, 6.07) is 0. The minimum atomic E-state index is -0.851. The maximum atomic E-state index is 10.6. The van der Waals surface area contributed by atoms with Gasteiger partial charge in [-0.05, 0) is 48.8 Å². The Morgan fingerprint density at radius 3 is 2.84 bits per heavy atom. The van der Waals surface area contributed by atoms with Crippen LogP contribution in [-0.2, 0) is 11.3 Å². The molecule has 0 bridgehead atoms. The van der Waals surface area contributed by atoms with Crippen molar-refractivity contribution >= 4 is 17.7 Å². The highest BCUT2D eigenvalue weighted by atomic mass is 32.2. The molecule has 0 saturated carbocycles. The Hall–Kier alpha value is -1.15. The van der Waals surface area contributed by atoms with E-state index >= 15 is 0 Å². The molecule has 1 aliphatic heterocycles. The molecule has 8 heteroatoms. The summed E-state index contributed by atoms with van der Waals surface area (Å²) in [6.07, 6.45) is 2.30. The lowest BCUT2D eigenvalue weighted by Crippen LogP contribution is -2.34. The lowest BCUT2D eigenvalue weighted by Gasteiger charge is -2.30. The Balaban J connectivity index is 1.86. The van der Waals surface area contributed by atoms with E-state index in [0.29, 0.717) is 11.1 Å². The molecule has 1 N–H and O–H groups in total. The molecule has 0 aliphatic carbocycles. The highest BCUT2D eigenvalue weighted by Crippen LogP contribution is 2.21. The van der Waals surface area contributed by atoms with E-state index in [0.717, 1.165) is 39.0 Å². The first kappa shape index (κ1) is 14.3. The zero-order valence-electron chi connectivity index (χ0n) is 11.0. The van der Waals surface area contributed by atoms with E-state index in [1.54, 1.807) is 4.68 Å². The van der Waals surface area contributed by atoms with Crippen molar-refractivity contribution in [1.82, 2.24) is 25.1 Å². The average Bonchev–Trinajstić information content (AvgIpc) is 2.84. The van der Waals surface area contributed by atoms with Crippen LogP contribution in [0.1, 0.15) is 19.8 Å². The first-order valence-electron chi connectivity index (χ1n) is 6.52. The van der Waals surface area contributed by atoms with Crippen LogP contribution in [0.4, 0.5) is 0 Å². The predicted octanol–water partition coefficient (Wildman–Crippen LogP) is 0.582. The monoisotopic (exact) mass is 285 g/mol. The van der Waals surface area contributed by atoms with Gasteiger partial charge in [0.2, 0.25) is 5.16 Å². The number of rotatable bonds is 6. The van der Waals surface area contributed by atoms with E-state index in [1.807, 2.05) is 0 Å². The van der Waals surface area contributed by atoms with Crippen LogP contribution in [0.25, 0.3) is 0 Å². The molecule has 7 nitrogen and oxygen atoms in total. The summed E-state index contributed by atoms with van der Waals surface area (Å²) in [6.45, 7) is 6.33. The minimum Gasteiger partial charge on any atom is -0.481 e. The minimum absolute atomic E-state index is 0.00531. The lowest BCUT2D eigenvalue weighted by atomic mass is 9.97. The molecule has 1 fully saturated rings. The highest BCUT2D eigenvalue weighted by molar-refractivity contribution is 7.99. The van der Waals surface area contributed by atoms with E-state index in [2.05, 4.69) is 27.3 Å². The van der Waals surface area contributed by atoms with Crippen molar-refractivity contribution in [1.29, 1.82) is 0 Å². The number of piperidine rings is 1. The number of thioether (sulfide) groups is 1. The SMILES string of the molecule is CCN1CCC(Cn2nnnc2SCC(=O)O)CC1. The quantitative estimate of drug-likeness (QED) is 0.765. The van der Waals surface area contributed by atoms with E-state index in [1.165, 1.54) is 11.8 Å². The molecule has 2 heterocycles. The molecule has 1 aliphatic rings. The van der Waals surface area contributed by atoms with Gasteiger partial charge in [0.1, 0.15) is 0 Å². The second-order valence-corrected chi connectivity index (χ2v) is 5.65. The Labute approximate surface area is 116 Å². The largest absolute Gasteiger partial charge is 0.481 e. The second-order valence-electron chi connectivity index (χ2n) is 4.70. The topological polar surface area (TPSA) is 84.1 Å². The number of nitrogens with zero attached hydrogens (tertiary/aromatic N) is 5. The van der Waals surface area contributed by atoms with Crippen LogP contribution in [0, 0.1) is 5.92 Å². The number of carbonyl (C=O) groups is 1. The van der Waals surface area contributed by atoms with Gasteiger partial charge in [-0.1, -0.05) is 18.7 Å². The van der Waals surface area contributed by atoms with Gasteiger partial charge in [-0.25, -0.2) is 4.68 Å². The molecule has 1 aromatic heterocycles. The van der Waals surface area contributed by atoms with Gasteiger partial charge in [-0.3, -0.25) is 4.79 Å². The van der Waals surface area contributed by atoms with Crippen LogP contribution in [0.3, 0.4) is 0 Å². The van der Waals surface area contributed by atoms with Crippen molar-refractivity contribution < 1.29 is 9.90 Å². The number of likely N-dealkylation sites (tertiary alicyclic amines) is 1. The van der Waals surface area contributed by atoms with Gasteiger partial charge in [0.25, 0.3) is 0 Å². The van der Waals surface area contributed by atoms with E-state index in [-0.39, 0.29) is 5.75 Å². The molecule has 0 unspecified atom stereocenters. The summed E-state index contributed by atoms with van der Waals surface area (Å²) >= 11 is 1.17. The van der Waals surface area contributed by atoms with Crippen molar-refractivity contribution in [2.24, 2.45) is 5.92 Å². The Morgan fingerprint density at radius 2 is 2.21 bits per heavy atom. The molecule has 1 saturated heterocycles. The molecule has 0 amide bonds. The fraction of sp³-hybridized carbons (Fsp3) is 0.818. The van der Waals surface area contributed by atoms with E-state index < -0.39 is 5.97 Å². The van der Waals surface area contributed by atoms with Crippen LogP contribution in [0.15, 0.2) is 5.16 Å². The smallest absolute Gasteiger partial charge is 0.313 e. The van der Waals surface area contributed by atoms with E-state index in [4.69, 9.17) is 5.11 Å². The first-order chi connectivity index (χ1) is 9.19. The summed E-state index contributed by atoms with van der Waals surface area (Å²) in [5.41, 5.74) is 0. The zero-order valence-corrected chi connectivity index (χ0v) is 11.8. The molecule has 0 atom stereocenters. The molecular formula is C11H19N5O2S. The van der Waals surface area contributed by atoms with Crippen LogP contribution in [-0.4, -0.2) is 61.6 Å².